The topological polar surface area (TPSA) is 132 Å². The number of anilines is 1. The molecule has 1 fully saturated rings. The number of carbonyl (C=O) groups excluding carboxylic acids is 1. The molecule has 12 heteroatoms. The van der Waals surface area contributed by atoms with E-state index >= 15 is 0 Å². The second kappa shape index (κ2) is 8.12. The quantitative estimate of drug-likeness (QED) is 0.603. The van der Waals surface area contributed by atoms with Crippen LogP contribution in [-0.4, -0.2) is 58.3 Å². The number of benzene rings is 1. The summed E-state index contributed by atoms with van der Waals surface area (Å²) in [5, 5.41) is 14.5. The van der Waals surface area contributed by atoms with Crippen molar-refractivity contribution in [3.63, 3.8) is 0 Å². The summed E-state index contributed by atoms with van der Waals surface area (Å²) >= 11 is 0. The van der Waals surface area contributed by atoms with Gasteiger partial charge in [0.05, 0.1) is 17.7 Å². The van der Waals surface area contributed by atoms with Gasteiger partial charge in [-0.1, -0.05) is 5.10 Å². The molecule has 1 aromatic carbocycles. The smallest absolute Gasteiger partial charge is 0.322 e. The van der Waals surface area contributed by atoms with Crippen molar-refractivity contribution < 1.29 is 22.4 Å². The second-order valence-corrected chi connectivity index (χ2v) is 9.04. The van der Waals surface area contributed by atoms with Gasteiger partial charge in [-0.3, -0.25) is 14.8 Å². The number of ether oxygens (including phenoxy) is 1. The maximum absolute atomic E-state index is 13.1. The molecule has 1 aliphatic rings. The summed E-state index contributed by atoms with van der Waals surface area (Å²) in [5.74, 6) is 0.226. The zero-order valence-corrected chi connectivity index (χ0v) is 18.1. The Morgan fingerprint density at radius 2 is 2.00 bits per heavy atom. The van der Waals surface area contributed by atoms with Gasteiger partial charge in [0.2, 0.25) is 15.9 Å². The van der Waals surface area contributed by atoms with Crippen LogP contribution >= 0.6 is 0 Å². The highest BCUT2D eigenvalue weighted by molar-refractivity contribution is 7.89. The number of aryl methyl sites for hydroxylation is 2. The third-order valence-electron chi connectivity index (χ3n) is 5.05. The monoisotopic (exact) mass is 446 g/mol. The van der Waals surface area contributed by atoms with Gasteiger partial charge in [-0.2, -0.15) is 9.40 Å². The van der Waals surface area contributed by atoms with E-state index in [4.69, 9.17) is 9.15 Å². The molecule has 31 heavy (non-hydrogen) atoms. The number of hydrogen-bond acceptors (Lipinski definition) is 8. The number of sulfonamides is 1. The van der Waals surface area contributed by atoms with E-state index in [-0.39, 0.29) is 23.3 Å². The van der Waals surface area contributed by atoms with Gasteiger partial charge in [-0.05, 0) is 50.1 Å². The minimum Gasteiger partial charge on any atom is -0.497 e. The molecule has 2 aromatic heterocycles. The molecule has 0 bridgehead atoms. The Kier molecular flexibility index (Phi) is 5.50. The van der Waals surface area contributed by atoms with Crippen LogP contribution in [0.2, 0.25) is 0 Å². The summed E-state index contributed by atoms with van der Waals surface area (Å²) in [6, 6.07) is 6.85. The first-order valence-electron chi connectivity index (χ1n) is 9.61. The molecule has 11 nitrogen and oxygen atoms in total. The van der Waals surface area contributed by atoms with E-state index < -0.39 is 22.0 Å². The second-order valence-electron chi connectivity index (χ2n) is 7.15. The van der Waals surface area contributed by atoms with Crippen LogP contribution in [0.5, 0.6) is 5.75 Å². The first-order chi connectivity index (χ1) is 14.8. The van der Waals surface area contributed by atoms with Crippen molar-refractivity contribution in [2.75, 3.05) is 19.0 Å². The lowest BCUT2D eigenvalue weighted by Crippen LogP contribution is -2.43. The fraction of sp³-hybridized carbons (Fsp3) is 0.368. The predicted molar refractivity (Wildman–Crippen MR) is 110 cm³/mol. The van der Waals surface area contributed by atoms with Crippen LogP contribution in [0, 0.1) is 6.92 Å². The zero-order chi connectivity index (χ0) is 22.2. The summed E-state index contributed by atoms with van der Waals surface area (Å²) in [6.07, 6.45) is 0.958. The van der Waals surface area contributed by atoms with Crippen LogP contribution in [-0.2, 0) is 21.9 Å². The van der Waals surface area contributed by atoms with Crippen LogP contribution < -0.4 is 10.1 Å². The number of hydrogen-bond donors (Lipinski definition) is 1. The van der Waals surface area contributed by atoms with Crippen LogP contribution in [0.1, 0.15) is 18.5 Å². The summed E-state index contributed by atoms with van der Waals surface area (Å²) in [6.45, 7) is 2.08. The summed E-state index contributed by atoms with van der Waals surface area (Å²) < 4.78 is 39.5. The van der Waals surface area contributed by atoms with E-state index in [0.29, 0.717) is 24.3 Å². The first kappa shape index (κ1) is 21.0. The molecular formula is C19H22N6O5S. The van der Waals surface area contributed by atoms with Gasteiger partial charge in [0.15, 0.2) is 0 Å². The highest BCUT2D eigenvalue weighted by Crippen LogP contribution is 2.28. The molecule has 0 spiro atoms. The van der Waals surface area contributed by atoms with E-state index in [1.807, 2.05) is 6.92 Å². The molecule has 4 rings (SSSR count). The Bertz CT molecular complexity index is 1200. The minimum absolute atomic E-state index is 0.0969. The lowest BCUT2D eigenvalue weighted by molar-refractivity contribution is -0.119. The number of rotatable bonds is 6. The summed E-state index contributed by atoms with van der Waals surface area (Å²) in [7, 11) is -0.608. The van der Waals surface area contributed by atoms with Crippen molar-refractivity contribution >= 4 is 21.9 Å². The van der Waals surface area contributed by atoms with Gasteiger partial charge in [0, 0.05) is 13.6 Å². The van der Waals surface area contributed by atoms with Crippen LogP contribution in [0.4, 0.5) is 6.01 Å². The van der Waals surface area contributed by atoms with Crippen molar-refractivity contribution in [2.45, 2.75) is 30.7 Å². The number of carbonyl (C=O) groups is 1. The lowest BCUT2D eigenvalue weighted by atomic mass is 10.2. The average molecular weight is 446 g/mol. The van der Waals surface area contributed by atoms with E-state index in [0.717, 1.165) is 5.69 Å². The van der Waals surface area contributed by atoms with Crippen LogP contribution in [0.3, 0.4) is 0 Å². The normalized spacial score (nSPS) is 17.1. The van der Waals surface area contributed by atoms with Crippen molar-refractivity contribution in [1.82, 2.24) is 24.3 Å². The van der Waals surface area contributed by atoms with Crippen molar-refractivity contribution in [1.29, 1.82) is 0 Å². The van der Waals surface area contributed by atoms with Gasteiger partial charge in [0.1, 0.15) is 17.5 Å². The number of aromatic nitrogens is 4. The highest BCUT2D eigenvalue weighted by Gasteiger charge is 2.40. The van der Waals surface area contributed by atoms with Crippen molar-refractivity contribution in [2.24, 2.45) is 7.05 Å². The first-order valence-corrected chi connectivity index (χ1v) is 11.0. The molecule has 0 unspecified atom stereocenters. The van der Waals surface area contributed by atoms with Crippen LogP contribution in [0.25, 0.3) is 11.6 Å². The number of methoxy groups -OCH3 is 1. The largest absolute Gasteiger partial charge is 0.497 e. The van der Waals surface area contributed by atoms with Gasteiger partial charge < -0.3 is 9.15 Å². The predicted octanol–water partition coefficient (Wildman–Crippen LogP) is 1.58. The average Bonchev–Trinajstić information content (AvgIpc) is 3.48. The molecule has 3 heterocycles. The maximum atomic E-state index is 13.1. The van der Waals surface area contributed by atoms with Gasteiger partial charge >= 0.3 is 6.01 Å². The highest BCUT2D eigenvalue weighted by atomic mass is 32.2. The fourth-order valence-electron chi connectivity index (χ4n) is 3.55. The van der Waals surface area contributed by atoms with E-state index in [2.05, 4.69) is 20.6 Å². The minimum atomic E-state index is -3.85. The Labute approximate surface area is 179 Å². The SMILES string of the molecule is COc1ccc(S(=O)(=O)N2CCC[C@@H]2C(=O)Nc2nnc(-c3cc(C)nn3C)o2)cc1. The van der Waals surface area contributed by atoms with Gasteiger partial charge in [0.25, 0.3) is 5.89 Å². The summed E-state index contributed by atoms with van der Waals surface area (Å²) in [5.41, 5.74) is 1.39. The molecule has 0 aliphatic carbocycles. The molecule has 164 valence electrons. The number of nitrogens with one attached hydrogen (secondary N) is 1. The van der Waals surface area contributed by atoms with Crippen molar-refractivity contribution in [3.05, 3.63) is 36.0 Å². The van der Waals surface area contributed by atoms with Gasteiger partial charge in [-0.15, -0.1) is 5.10 Å². The molecule has 0 saturated carbocycles. The Morgan fingerprint density at radius 1 is 1.26 bits per heavy atom. The standard InChI is InChI=1S/C19H22N6O5S/c1-12-11-16(24(2)23-12)18-21-22-19(30-18)20-17(26)15-5-4-10-25(15)31(27,28)14-8-6-13(29-3)7-9-14/h6-9,11,15H,4-5,10H2,1-3H3,(H,20,22,26)/t15-/m1/s1. The fourth-order valence-corrected chi connectivity index (χ4v) is 5.21. The molecule has 1 aliphatic heterocycles. The van der Waals surface area contributed by atoms with E-state index in [9.17, 15) is 13.2 Å². The molecule has 1 saturated heterocycles. The molecule has 1 amide bonds. The Hall–Kier alpha value is -3.25. The Balaban J connectivity index is 1.51. The zero-order valence-electron chi connectivity index (χ0n) is 17.3. The molecule has 1 atom stereocenters. The number of nitrogens with zero attached hydrogens (tertiary/aromatic N) is 5. The maximum Gasteiger partial charge on any atom is 0.322 e. The van der Waals surface area contributed by atoms with Crippen LogP contribution in [0.15, 0.2) is 39.6 Å². The summed E-state index contributed by atoms with van der Waals surface area (Å²) in [4.78, 5) is 12.9. The molecule has 1 N–H and O–H groups in total. The van der Waals surface area contributed by atoms with Crippen molar-refractivity contribution in [3.8, 4) is 17.3 Å². The van der Waals surface area contributed by atoms with E-state index in [1.165, 1.54) is 23.5 Å². The number of amides is 1. The Morgan fingerprint density at radius 3 is 2.65 bits per heavy atom. The van der Waals surface area contributed by atoms with Gasteiger partial charge in [-0.25, -0.2) is 8.42 Å². The molecule has 0 radical (unpaired) electrons. The van der Waals surface area contributed by atoms with E-state index in [1.54, 1.807) is 29.9 Å². The molecule has 3 aromatic rings. The third-order valence-corrected chi connectivity index (χ3v) is 6.97. The molecular weight excluding hydrogens is 424 g/mol. The third kappa shape index (κ3) is 4.03. The lowest BCUT2D eigenvalue weighted by Gasteiger charge is -2.22.